The molecule has 0 heterocycles. The number of carbonyl (C=O) groups excluding carboxylic acids is 4. The number of hydrogen-bond donors (Lipinski definition) is 3. The maximum atomic E-state index is 13.1. The predicted molar refractivity (Wildman–Crippen MR) is 428 cm³/mol. The van der Waals surface area contributed by atoms with E-state index in [2.05, 4.69) is 55.4 Å². The zero-order valence-electron chi connectivity index (χ0n) is 68.7. The van der Waals surface area contributed by atoms with E-state index < -0.39 is 97.5 Å². The van der Waals surface area contributed by atoms with Gasteiger partial charge in [0.05, 0.1) is 26.4 Å². The first kappa shape index (κ1) is 102. The molecule has 0 aromatic carbocycles. The van der Waals surface area contributed by atoms with Crippen molar-refractivity contribution < 1.29 is 80.2 Å². The third-order valence-corrected chi connectivity index (χ3v) is 22.1. The molecule has 0 aliphatic carbocycles. The van der Waals surface area contributed by atoms with Gasteiger partial charge in [0.15, 0.2) is 12.2 Å². The van der Waals surface area contributed by atoms with Crippen LogP contribution in [0.1, 0.15) is 441 Å². The normalized spacial score (nSPS) is 14.2. The number of phosphoric acid groups is 2. The zero-order chi connectivity index (χ0) is 76.7. The van der Waals surface area contributed by atoms with Gasteiger partial charge in [0.1, 0.15) is 19.3 Å². The molecule has 4 unspecified atom stereocenters. The fraction of sp³-hybridized carbons (Fsp3) is 0.953. The molecular formula is C85H166O17P2. The highest BCUT2D eigenvalue weighted by atomic mass is 31.2. The van der Waals surface area contributed by atoms with Gasteiger partial charge in [-0.1, -0.05) is 389 Å². The first-order chi connectivity index (χ1) is 50.1. The summed E-state index contributed by atoms with van der Waals surface area (Å²) >= 11 is 0. The standard InChI is InChI=1S/C85H166O17P2/c1-9-78(8)64-56-48-39-33-27-21-17-18-24-30-36-42-52-60-67-84(89)101-80(71-95-82(87)65-57-49-40-34-28-22-16-12-14-20-26-32-38-46-54-62-76(4)5)73-99-103(91,92)97-69-79(86)70-98-104(93,94)100-74-81(72-96-83(88)66-58-50-44-43-47-55-63-77(6)7)102-85(90)68-59-51-41-35-29-23-15-11-10-13-19-25-31-37-45-53-61-75(2)3/h75-81,86H,9-74H2,1-8H3,(H,91,92)(H,93,94)/t78?,79?,80-,81-/m1/s1. The van der Waals surface area contributed by atoms with Gasteiger partial charge < -0.3 is 33.8 Å². The van der Waals surface area contributed by atoms with Crippen LogP contribution in [0, 0.1) is 23.7 Å². The van der Waals surface area contributed by atoms with Crippen LogP contribution in [-0.4, -0.2) is 96.7 Å². The molecule has 0 bridgehead atoms. The van der Waals surface area contributed by atoms with Crippen molar-refractivity contribution in [2.45, 2.75) is 459 Å². The molecule has 0 rings (SSSR count). The fourth-order valence-corrected chi connectivity index (χ4v) is 14.7. The number of ether oxygens (including phenoxy) is 4. The second-order valence-corrected chi connectivity index (χ2v) is 35.2. The summed E-state index contributed by atoms with van der Waals surface area (Å²) in [4.78, 5) is 73.1. The Kier molecular flexibility index (Phi) is 72.5. The summed E-state index contributed by atoms with van der Waals surface area (Å²) in [5.74, 6) is 1.03. The monoisotopic (exact) mass is 1520 g/mol. The molecule has 3 N–H and O–H groups in total. The number of phosphoric ester groups is 2. The van der Waals surface area contributed by atoms with E-state index in [9.17, 15) is 43.2 Å². The van der Waals surface area contributed by atoms with Crippen LogP contribution in [0.15, 0.2) is 0 Å². The third kappa shape index (κ3) is 76.8. The summed E-state index contributed by atoms with van der Waals surface area (Å²) in [6.45, 7) is 14.3. The molecule has 618 valence electrons. The molecule has 0 spiro atoms. The molecule has 19 heteroatoms. The number of unbranched alkanes of at least 4 members (excludes halogenated alkanes) is 47. The van der Waals surface area contributed by atoms with E-state index in [4.69, 9.17) is 37.0 Å². The molecule has 6 atom stereocenters. The Morgan fingerprint density at radius 2 is 0.462 bits per heavy atom. The highest BCUT2D eigenvalue weighted by Crippen LogP contribution is 2.45. The smallest absolute Gasteiger partial charge is 0.462 e. The fourth-order valence-electron chi connectivity index (χ4n) is 13.1. The Hall–Kier alpha value is -1.94. The Bertz CT molecular complexity index is 2030. The Labute approximate surface area is 638 Å². The average molecular weight is 1520 g/mol. The van der Waals surface area contributed by atoms with Crippen LogP contribution in [0.3, 0.4) is 0 Å². The largest absolute Gasteiger partial charge is 0.472 e. The van der Waals surface area contributed by atoms with Crippen LogP contribution in [0.25, 0.3) is 0 Å². The van der Waals surface area contributed by atoms with Crippen molar-refractivity contribution in [1.82, 2.24) is 0 Å². The minimum atomic E-state index is -4.97. The van der Waals surface area contributed by atoms with Gasteiger partial charge in [0.2, 0.25) is 0 Å². The highest BCUT2D eigenvalue weighted by molar-refractivity contribution is 7.47. The summed E-state index contributed by atoms with van der Waals surface area (Å²) < 4.78 is 68.8. The van der Waals surface area contributed by atoms with Crippen molar-refractivity contribution in [2.24, 2.45) is 23.7 Å². The number of carbonyl (C=O) groups is 4. The van der Waals surface area contributed by atoms with Crippen LogP contribution in [0.4, 0.5) is 0 Å². The summed E-state index contributed by atoms with van der Waals surface area (Å²) in [5.41, 5.74) is 0. The summed E-state index contributed by atoms with van der Waals surface area (Å²) in [6.07, 6.45) is 62.6. The lowest BCUT2D eigenvalue weighted by molar-refractivity contribution is -0.161. The molecule has 0 amide bonds. The molecule has 104 heavy (non-hydrogen) atoms. The molecule has 17 nitrogen and oxygen atoms in total. The molecule has 0 aromatic heterocycles. The molecule has 0 radical (unpaired) electrons. The first-order valence-electron chi connectivity index (χ1n) is 43.7. The lowest BCUT2D eigenvalue weighted by atomic mass is 9.99. The van der Waals surface area contributed by atoms with Gasteiger partial charge in [-0.25, -0.2) is 9.13 Å². The molecule has 0 aliphatic rings. The molecular weight excluding hydrogens is 1350 g/mol. The van der Waals surface area contributed by atoms with E-state index >= 15 is 0 Å². The van der Waals surface area contributed by atoms with E-state index in [0.717, 1.165) is 114 Å². The van der Waals surface area contributed by atoms with Crippen molar-refractivity contribution in [3.63, 3.8) is 0 Å². The van der Waals surface area contributed by atoms with Crippen LogP contribution in [0.5, 0.6) is 0 Å². The van der Waals surface area contributed by atoms with Crippen LogP contribution in [0.2, 0.25) is 0 Å². The summed E-state index contributed by atoms with van der Waals surface area (Å²) in [6, 6.07) is 0. The van der Waals surface area contributed by atoms with Gasteiger partial charge in [-0.3, -0.25) is 37.3 Å². The first-order valence-corrected chi connectivity index (χ1v) is 46.7. The minimum absolute atomic E-state index is 0.107. The number of hydrogen-bond acceptors (Lipinski definition) is 15. The van der Waals surface area contributed by atoms with Crippen molar-refractivity contribution >= 4 is 39.5 Å². The minimum Gasteiger partial charge on any atom is -0.462 e. The maximum absolute atomic E-state index is 13.1. The average Bonchev–Trinajstić information content (AvgIpc) is 0.911. The topological polar surface area (TPSA) is 237 Å². The van der Waals surface area contributed by atoms with E-state index in [1.807, 2.05) is 0 Å². The van der Waals surface area contributed by atoms with Crippen LogP contribution < -0.4 is 0 Å². The van der Waals surface area contributed by atoms with Crippen molar-refractivity contribution in [2.75, 3.05) is 39.6 Å². The molecule has 0 aromatic rings. The van der Waals surface area contributed by atoms with Gasteiger partial charge in [-0.2, -0.15) is 0 Å². The Morgan fingerprint density at radius 1 is 0.269 bits per heavy atom. The van der Waals surface area contributed by atoms with E-state index in [1.165, 1.54) is 238 Å². The maximum Gasteiger partial charge on any atom is 0.472 e. The van der Waals surface area contributed by atoms with Gasteiger partial charge in [-0.15, -0.1) is 0 Å². The van der Waals surface area contributed by atoms with E-state index in [1.54, 1.807) is 0 Å². The summed E-state index contributed by atoms with van der Waals surface area (Å²) in [7, 11) is -9.93. The highest BCUT2D eigenvalue weighted by Gasteiger charge is 2.30. The second-order valence-electron chi connectivity index (χ2n) is 32.2. The van der Waals surface area contributed by atoms with Crippen molar-refractivity contribution in [3.05, 3.63) is 0 Å². The summed E-state index contributed by atoms with van der Waals surface area (Å²) in [5, 5.41) is 10.7. The van der Waals surface area contributed by atoms with Crippen molar-refractivity contribution in [3.8, 4) is 0 Å². The number of esters is 4. The Balaban J connectivity index is 5.22. The van der Waals surface area contributed by atoms with Crippen LogP contribution >= 0.6 is 15.6 Å². The van der Waals surface area contributed by atoms with Crippen molar-refractivity contribution in [1.29, 1.82) is 0 Å². The number of aliphatic hydroxyl groups excluding tert-OH is 1. The quantitative estimate of drug-likeness (QED) is 0.0222. The van der Waals surface area contributed by atoms with E-state index in [-0.39, 0.29) is 25.7 Å². The van der Waals surface area contributed by atoms with Gasteiger partial charge in [0, 0.05) is 25.7 Å². The molecule has 0 saturated heterocycles. The molecule has 0 saturated carbocycles. The van der Waals surface area contributed by atoms with Crippen LogP contribution in [-0.2, 0) is 65.4 Å². The second kappa shape index (κ2) is 73.8. The number of rotatable bonds is 82. The van der Waals surface area contributed by atoms with Gasteiger partial charge in [0.25, 0.3) is 0 Å². The SMILES string of the molecule is CCC(C)CCCCCCCCCCCCCCCCC(=O)O[C@H](COC(=O)CCCCCCCCCCCCCCCCCC(C)C)COP(=O)(O)OCC(O)COP(=O)(O)OC[C@@H](COC(=O)CCCCCCCCC(C)C)OC(=O)CCCCCCCCCCCCCCCCCCC(C)C. The van der Waals surface area contributed by atoms with Gasteiger partial charge in [-0.05, 0) is 49.4 Å². The number of aliphatic hydroxyl groups is 1. The molecule has 0 fully saturated rings. The molecule has 0 aliphatic heterocycles. The third-order valence-electron chi connectivity index (χ3n) is 20.2. The zero-order valence-corrected chi connectivity index (χ0v) is 70.5. The lowest BCUT2D eigenvalue weighted by Crippen LogP contribution is -2.30. The Morgan fingerprint density at radius 3 is 0.683 bits per heavy atom. The predicted octanol–water partition coefficient (Wildman–Crippen LogP) is 25.6. The lowest BCUT2D eigenvalue weighted by Gasteiger charge is -2.21. The van der Waals surface area contributed by atoms with Gasteiger partial charge >= 0.3 is 39.5 Å². The van der Waals surface area contributed by atoms with E-state index in [0.29, 0.717) is 31.6 Å².